The maximum absolute atomic E-state index is 11.2. The molecule has 0 heterocycles. The summed E-state index contributed by atoms with van der Waals surface area (Å²) >= 11 is 0. The highest BCUT2D eigenvalue weighted by Crippen LogP contribution is 2.28. The molecule has 0 bridgehead atoms. The standard InChI is InChI=1S/C8H15NO/c1-5(2)8(10)6-3-7(9)4-6/h5-7H,3-4,9H2,1-2H3. The molecule has 2 nitrogen and oxygen atoms in total. The molecule has 58 valence electrons. The van der Waals surface area contributed by atoms with E-state index in [-0.39, 0.29) is 11.8 Å². The van der Waals surface area contributed by atoms with Gasteiger partial charge in [-0.2, -0.15) is 0 Å². The first-order chi connectivity index (χ1) is 4.61. The summed E-state index contributed by atoms with van der Waals surface area (Å²) in [5.74, 6) is 0.870. The van der Waals surface area contributed by atoms with Crippen LogP contribution in [0.15, 0.2) is 0 Å². The fourth-order valence-corrected chi connectivity index (χ4v) is 1.37. The summed E-state index contributed by atoms with van der Waals surface area (Å²) < 4.78 is 0. The van der Waals surface area contributed by atoms with Gasteiger partial charge in [0.05, 0.1) is 0 Å². The molecule has 0 radical (unpaired) electrons. The minimum atomic E-state index is 0.192. The van der Waals surface area contributed by atoms with Gasteiger partial charge in [-0.1, -0.05) is 13.8 Å². The van der Waals surface area contributed by atoms with Gasteiger partial charge in [0.25, 0.3) is 0 Å². The third kappa shape index (κ3) is 1.37. The number of hydrogen-bond donors (Lipinski definition) is 1. The molecule has 0 aliphatic heterocycles. The smallest absolute Gasteiger partial charge is 0.138 e. The molecule has 1 rings (SSSR count). The Balaban J connectivity index is 2.31. The molecule has 0 amide bonds. The normalized spacial score (nSPS) is 32.0. The van der Waals surface area contributed by atoms with Crippen molar-refractivity contribution in [3.05, 3.63) is 0 Å². The first-order valence-corrected chi connectivity index (χ1v) is 3.90. The Hall–Kier alpha value is -0.370. The molecule has 1 aliphatic rings. The van der Waals surface area contributed by atoms with E-state index in [9.17, 15) is 4.79 Å². The Morgan fingerprint density at radius 1 is 1.50 bits per heavy atom. The highest BCUT2D eigenvalue weighted by molar-refractivity contribution is 5.83. The summed E-state index contributed by atoms with van der Waals surface area (Å²) in [5, 5.41) is 0. The molecule has 0 aromatic rings. The maximum Gasteiger partial charge on any atom is 0.138 e. The van der Waals surface area contributed by atoms with Crippen LogP contribution in [0.2, 0.25) is 0 Å². The molecule has 0 spiro atoms. The van der Waals surface area contributed by atoms with Crippen molar-refractivity contribution in [1.82, 2.24) is 0 Å². The number of nitrogens with two attached hydrogens (primary N) is 1. The lowest BCUT2D eigenvalue weighted by Gasteiger charge is -2.32. The predicted molar refractivity (Wildman–Crippen MR) is 40.5 cm³/mol. The lowest BCUT2D eigenvalue weighted by Crippen LogP contribution is -2.41. The van der Waals surface area contributed by atoms with Gasteiger partial charge in [-0.15, -0.1) is 0 Å². The fourth-order valence-electron chi connectivity index (χ4n) is 1.37. The van der Waals surface area contributed by atoms with Crippen LogP contribution in [0.25, 0.3) is 0 Å². The molecule has 1 aliphatic carbocycles. The maximum atomic E-state index is 11.2. The van der Waals surface area contributed by atoms with Crippen molar-refractivity contribution in [2.45, 2.75) is 32.7 Å². The first kappa shape index (κ1) is 7.73. The number of carbonyl (C=O) groups excluding carboxylic acids is 1. The van der Waals surface area contributed by atoms with Gasteiger partial charge < -0.3 is 5.73 Å². The third-order valence-electron chi connectivity index (χ3n) is 2.15. The summed E-state index contributed by atoms with van der Waals surface area (Å²) in [7, 11) is 0. The number of Topliss-reactive ketones (excluding diaryl/α,β-unsaturated/α-hetero) is 1. The Kier molecular flexibility index (Phi) is 2.09. The van der Waals surface area contributed by atoms with Gasteiger partial charge in [0, 0.05) is 17.9 Å². The molecule has 1 saturated carbocycles. The number of carbonyl (C=O) groups is 1. The summed E-state index contributed by atoms with van der Waals surface area (Å²) in [6.45, 7) is 3.90. The van der Waals surface area contributed by atoms with E-state index in [1.54, 1.807) is 0 Å². The van der Waals surface area contributed by atoms with E-state index >= 15 is 0 Å². The lowest BCUT2D eigenvalue weighted by molar-refractivity contribution is -0.128. The van der Waals surface area contributed by atoms with Crippen LogP contribution in [0.5, 0.6) is 0 Å². The zero-order chi connectivity index (χ0) is 7.72. The zero-order valence-electron chi connectivity index (χ0n) is 6.63. The van der Waals surface area contributed by atoms with Gasteiger partial charge >= 0.3 is 0 Å². The molecule has 10 heavy (non-hydrogen) atoms. The van der Waals surface area contributed by atoms with Crippen molar-refractivity contribution in [2.24, 2.45) is 17.6 Å². The molecule has 0 saturated heterocycles. The molecule has 0 aromatic heterocycles. The van der Waals surface area contributed by atoms with Crippen LogP contribution in [0.1, 0.15) is 26.7 Å². The van der Waals surface area contributed by atoms with Crippen LogP contribution in [0, 0.1) is 11.8 Å². The van der Waals surface area contributed by atoms with Crippen LogP contribution in [-0.2, 0) is 4.79 Å². The highest BCUT2D eigenvalue weighted by Gasteiger charge is 2.32. The molecular weight excluding hydrogens is 126 g/mol. The number of rotatable bonds is 2. The average molecular weight is 141 g/mol. The van der Waals surface area contributed by atoms with E-state index in [0.29, 0.717) is 11.8 Å². The minimum Gasteiger partial charge on any atom is -0.328 e. The van der Waals surface area contributed by atoms with Gasteiger partial charge in [0.15, 0.2) is 0 Å². The quantitative estimate of drug-likeness (QED) is 0.622. The Morgan fingerprint density at radius 2 is 2.00 bits per heavy atom. The molecule has 1 fully saturated rings. The predicted octanol–water partition coefficient (Wildman–Crippen LogP) is 0.949. The van der Waals surface area contributed by atoms with E-state index < -0.39 is 0 Å². The molecule has 2 heteroatoms. The highest BCUT2D eigenvalue weighted by atomic mass is 16.1. The van der Waals surface area contributed by atoms with E-state index in [4.69, 9.17) is 5.73 Å². The van der Waals surface area contributed by atoms with E-state index in [0.717, 1.165) is 12.8 Å². The second-order valence-corrected chi connectivity index (χ2v) is 3.49. The van der Waals surface area contributed by atoms with E-state index in [1.807, 2.05) is 13.8 Å². The minimum absolute atomic E-state index is 0.192. The summed E-state index contributed by atoms with van der Waals surface area (Å²) in [6.07, 6.45) is 1.83. The second-order valence-electron chi connectivity index (χ2n) is 3.49. The SMILES string of the molecule is CC(C)C(=O)C1CC(N)C1. The van der Waals surface area contributed by atoms with Crippen molar-refractivity contribution in [2.75, 3.05) is 0 Å². The van der Waals surface area contributed by atoms with E-state index in [1.165, 1.54) is 0 Å². The van der Waals surface area contributed by atoms with E-state index in [2.05, 4.69) is 0 Å². The van der Waals surface area contributed by atoms with Gasteiger partial charge in [0.2, 0.25) is 0 Å². The Morgan fingerprint density at radius 3 is 2.30 bits per heavy atom. The van der Waals surface area contributed by atoms with Crippen LogP contribution < -0.4 is 5.73 Å². The molecule has 2 N–H and O–H groups in total. The zero-order valence-corrected chi connectivity index (χ0v) is 6.63. The first-order valence-electron chi connectivity index (χ1n) is 3.90. The Labute approximate surface area is 61.8 Å². The monoisotopic (exact) mass is 141 g/mol. The summed E-state index contributed by atoms with van der Waals surface area (Å²) in [6, 6.07) is 0.299. The summed E-state index contributed by atoms with van der Waals surface area (Å²) in [5.41, 5.74) is 5.55. The number of ketones is 1. The van der Waals surface area contributed by atoms with Crippen molar-refractivity contribution < 1.29 is 4.79 Å². The van der Waals surface area contributed by atoms with Gasteiger partial charge in [-0.05, 0) is 12.8 Å². The number of hydrogen-bond acceptors (Lipinski definition) is 2. The van der Waals surface area contributed by atoms with Gasteiger partial charge in [-0.3, -0.25) is 4.79 Å². The third-order valence-corrected chi connectivity index (χ3v) is 2.15. The van der Waals surface area contributed by atoms with Crippen LogP contribution in [0.4, 0.5) is 0 Å². The van der Waals surface area contributed by atoms with Crippen molar-refractivity contribution in [1.29, 1.82) is 0 Å². The summed E-state index contributed by atoms with van der Waals surface area (Å²) in [4.78, 5) is 11.2. The average Bonchev–Trinajstić information content (AvgIpc) is 1.79. The van der Waals surface area contributed by atoms with Crippen LogP contribution >= 0.6 is 0 Å². The lowest BCUT2D eigenvalue weighted by atomic mass is 9.75. The fraction of sp³-hybridized carbons (Fsp3) is 0.875. The molecule has 0 aromatic carbocycles. The van der Waals surface area contributed by atoms with Crippen molar-refractivity contribution in [3.8, 4) is 0 Å². The molecular formula is C8H15NO. The van der Waals surface area contributed by atoms with Gasteiger partial charge in [0.1, 0.15) is 5.78 Å². The second kappa shape index (κ2) is 2.70. The van der Waals surface area contributed by atoms with Gasteiger partial charge in [-0.25, -0.2) is 0 Å². The topological polar surface area (TPSA) is 43.1 Å². The largest absolute Gasteiger partial charge is 0.328 e. The molecule has 0 atom stereocenters. The van der Waals surface area contributed by atoms with Crippen molar-refractivity contribution in [3.63, 3.8) is 0 Å². The van der Waals surface area contributed by atoms with Crippen LogP contribution in [-0.4, -0.2) is 11.8 Å². The van der Waals surface area contributed by atoms with Crippen LogP contribution in [0.3, 0.4) is 0 Å². The van der Waals surface area contributed by atoms with Crippen molar-refractivity contribution >= 4 is 5.78 Å². The Bertz CT molecular complexity index is 136. The molecule has 0 unspecified atom stereocenters.